The van der Waals surface area contributed by atoms with Crippen molar-refractivity contribution in [3.8, 4) is 11.1 Å². The molecule has 2 aromatic rings. The SMILES string of the molecule is COCc1ccc(-c2ccc(F)nc2)cc1. The van der Waals surface area contributed by atoms with Gasteiger partial charge in [-0.05, 0) is 23.3 Å². The molecule has 0 saturated carbocycles. The molecule has 82 valence electrons. The van der Waals surface area contributed by atoms with Crippen LogP contribution in [0.5, 0.6) is 0 Å². The number of hydrogen-bond donors (Lipinski definition) is 0. The van der Waals surface area contributed by atoms with Crippen LogP contribution in [0.15, 0.2) is 42.6 Å². The van der Waals surface area contributed by atoms with Gasteiger partial charge in [0.1, 0.15) is 0 Å². The van der Waals surface area contributed by atoms with Crippen LogP contribution in [0.2, 0.25) is 0 Å². The summed E-state index contributed by atoms with van der Waals surface area (Å²) in [4.78, 5) is 3.62. The molecule has 3 heteroatoms. The van der Waals surface area contributed by atoms with Crippen LogP contribution < -0.4 is 0 Å². The number of benzene rings is 1. The van der Waals surface area contributed by atoms with Gasteiger partial charge in [0.25, 0.3) is 0 Å². The zero-order valence-corrected chi connectivity index (χ0v) is 8.98. The van der Waals surface area contributed by atoms with Gasteiger partial charge in [0.2, 0.25) is 5.95 Å². The standard InChI is InChI=1S/C13H12FNO/c1-16-9-10-2-4-11(5-3-10)12-6-7-13(14)15-8-12/h2-8H,9H2,1H3. The Balaban J connectivity index is 2.24. The van der Waals surface area contributed by atoms with Gasteiger partial charge in [-0.2, -0.15) is 4.39 Å². The van der Waals surface area contributed by atoms with Crippen LogP contribution in [-0.4, -0.2) is 12.1 Å². The average Bonchev–Trinajstić information content (AvgIpc) is 2.32. The van der Waals surface area contributed by atoms with Crippen LogP contribution in [0.3, 0.4) is 0 Å². The van der Waals surface area contributed by atoms with E-state index in [1.807, 2.05) is 24.3 Å². The minimum atomic E-state index is -0.459. The fourth-order valence-corrected chi connectivity index (χ4v) is 1.51. The Morgan fingerprint density at radius 3 is 2.31 bits per heavy atom. The summed E-state index contributed by atoms with van der Waals surface area (Å²) in [6, 6.07) is 11.0. The van der Waals surface area contributed by atoms with Gasteiger partial charge in [-0.3, -0.25) is 0 Å². The van der Waals surface area contributed by atoms with Crippen molar-refractivity contribution in [3.05, 3.63) is 54.1 Å². The molecule has 0 radical (unpaired) electrons. The number of methoxy groups -OCH3 is 1. The van der Waals surface area contributed by atoms with Crippen molar-refractivity contribution in [2.45, 2.75) is 6.61 Å². The number of hydrogen-bond acceptors (Lipinski definition) is 2. The molecule has 0 N–H and O–H groups in total. The van der Waals surface area contributed by atoms with Crippen molar-refractivity contribution in [3.63, 3.8) is 0 Å². The first-order chi connectivity index (χ1) is 7.79. The van der Waals surface area contributed by atoms with E-state index in [0.29, 0.717) is 6.61 Å². The Labute approximate surface area is 93.7 Å². The maximum Gasteiger partial charge on any atom is 0.212 e. The number of ether oxygens (including phenoxy) is 1. The summed E-state index contributed by atoms with van der Waals surface area (Å²) >= 11 is 0. The van der Waals surface area contributed by atoms with Gasteiger partial charge < -0.3 is 4.74 Å². The summed E-state index contributed by atoms with van der Waals surface area (Å²) in [5.74, 6) is -0.459. The lowest BCUT2D eigenvalue weighted by Crippen LogP contribution is -1.88. The molecule has 0 bridgehead atoms. The van der Waals surface area contributed by atoms with E-state index in [0.717, 1.165) is 16.7 Å². The van der Waals surface area contributed by atoms with Gasteiger partial charge in [0.05, 0.1) is 6.61 Å². The summed E-state index contributed by atoms with van der Waals surface area (Å²) in [5, 5.41) is 0. The fourth-order valence-electron chi connectivity index (χ4n) is 1.51. The van der Waals surface area contributed by atoms with Crippen molar-refractivity contribution >= 4 is 0 Å². The number of nitrogens with zero attached hydrogens (tertiary/aromatic N) is 1. The number of pyridine rings is 1. The molecule has 1 aromatic heterocycles. The molecule has 1 heterocycles. The molecule has 0 aliphatic rings. The Kier molecular flexibility index (Phi) is 3.27. The van der Waals surface area contributed by atoms with E-state index in [-0.39, 0.29) is 0 Å². The van der Waals surface area contributed by atoms with Gasteiger partial charge in [-0.15, -0.1) is 0 Å². The van der Waals surface area contributed by atoms with E-state index in [4.69, 9.17) is 4.74 Å². The van der Waals surface area contributed by atoms with Gasteiger partial charge >= 0.3 is 0 Å². The molecule has 0 amide bonds. The zero-order chi connectivity index (χ0) is 11.4. The summed E-state index contributed by atoms with van der Waals surface area (Å²) in [6.45, 7) is 0.599. The van der Waals surface area contributed by atoms with Crippen LogP contribution >= 0.6 is 0 Å². The van der Waals surface area contributed by atoms with Crippen molar-refractivity contribution in [2.24, 2.45) is 0 Å². The Morgan fingerprint density at radius 2 is 1.75 bits per heavy atom. The smallest absolute Gasteiger partial charge is 0.212 e. The Hall–Kier alpha value is -1.74. The van der Waals surface area contributed by atoms with Gasteiger partial charge in [0, 0.05) is 18.9 Å². The van der Waals surface area contributed by atoms with E-state index < -0.39 is 5.95 Å². The quantitative estimate of drug-likeness (QED) is 0.737. The molecular formula is C13H12FNO. The lowest BCUT2D eigenvalue weighted by Gasteiger charge is -2.03. The van der Waals surface area contributed by atoms with Crippen LogP contribution in [-0.2, 0) is 11.3 Å². The monoisotopic (exact) mass is 217 g/mol. The predicted molar refractivity (Wildman–Crippen MR) is 60.3 cm³/mol. The third-order valence-electron chi connectivity index (χ3n) is 2.33. The van der Waals surface area contributed by atoms with E-state index >= 15 is 0 Å². The van der Waals surface area contributed by atoms with Crippen LogP contribution in [0.4, 0.5) is 4.39 Å². The summed E-state index contributed by atoms with van der Waals surface area (Å²) in [6.07, 6.45) is 1.53. The third-order valence-corrected chi connectivity index (χ3v) is 2.33. The highest BCUT2D eigenvalue weighted by Gasteiger charge is 1.99. The summed E-state index contributed by atoms with van der Waals surface area (Å²) < 4.78 is 17.7. The number of aromatic nitrogens is 1. The topological polar surface area (TPSA) is 22.1 Å². The first-order valence-electron chi connectivity index (χ1n) is 4.99. The molecule has 16 heavy (non-hydrogen) atoms. The highest BCUT2D eigenvalue weighted by molar-refractivity contribution is 5.62. The first-order valence-corrected chi connectivity index (χ1v) is 4.99. The molecule has 0 fully saturated rings. The predicted octanol–water partition coefficient (Wildman–Crippen LogP) is 3.03. The van der Waals surface area contributed by atoms with Gasteiger partial charge in [-0.1, -0.05) is 24.3 Å². The lowest BCUT2D eigenvalue weighted by molar-refractivity contribution is 0.185. The minimum Gasteiger partial charge on any atom is -0.380 e. The molecule has 0 unspecified atom stereocenters. The molecule has 2 rings (SSSR count). The van der Waals surface area contributed by atoms with Crippen molar-refractivity contribution in [2.75, 3.05) is 7.11 Å². The molecule has 0 saturated heterocycles. The first kappa shape index (κ1) is 10.8. The van der Waals surface area contributed by atoms with Crippen molar-refractivity contribution < 1.29 is 9.13 Å². The van der Waals surface area contributed by atoms with E-state index in [1.165, 1.54) is 12.3 Å². The molecule has 0 atom stereocenters. The second kappa shape index (κ2) is 4.86. The molecule has 0 spiro atoms. The number of halogens is 1. The third kappa shape index (κ3) is 2.44. The van der Waals surface area contributed by atoms with E-state index in [9.17, 15) is 4.39 Å². The number of rotatable bonds is 3. The second-order valence-corrected chi connectivity index (χ2v) is 3.50. The minimum absolute atomic E-state index is 0.459. The summed E-state index contributed by atoms with van der Waals surface area (Å²) in [7, 11) is 1.66. The van der Waals surface area contributed by atoms with Crippen molar-refractivity contribution in [1.29, 1.82) is 0 Å². The maximum atomic E-state index is 12.6. The van der Waals surface area contributed by atoms with Crippen LogP contribution in [0, 0.1) is 5.95 Å². The molecule has 2 nitrogen and oxygen atoms in total. The Bertz CT molecular complexity index is 450. The zero-order valence-electron chi connectivity index (χ0n) is 8.98. The van der Waals surface area contributed by atoms with Gasteiger partial charge in [0.15, 0.2) is 0 Å². The summed E-state index contributed by atoms with van der Waals surface area (Å²) in [5.41, 5.74) is 3.04. The van der Waals surface area contributed by atoms with Gasteiger partial charge in [-0.25, -0.2) is 4.98 Å². The molecule has 0 aliphatic heterocycles. The molecule has 1 aromatic carbocycles. The lowest BCUT2D eigenvalue weighted by atomic mass is 10.1. The average molecular weight is 217 g/mol. The van der Waals surface area contributed by atoms with Crippen LogP contribution in [0.25, 0.3) is 11.1 Å². The Morgan fingerprint density at radius 1 is 1.06 bits per heavy atom. The maximum absolute atomic E-state index is 12.6. The normalized spacial score (nSPS) is 10.4. The van der Waals surface area contributed by atoms with Crippen LogP contribution in [0.1, 0.15) is 5.56 Å². The largest absolute Gasteiger partial charge is 0.380 e. The molecular weight excluding hydrogens is 205 g/mol. The fraction of sp³-hybridized carbons (Fsp3) is 0.154. The van der Waals surface area contributed by atoms with Crippen molar-refractivity contribution in [1.82, 2.24) is 4.98 Å². The molecule has 0 aliphatic carbocycles. The highest BCUT2D eigenvalue weighted by Crippen LogP contribution is 2.19. The second-order valence-electron chi connectivity index (χ2n) is 3.50. The van der Waals surface area contributed by atoms with E-state index in [2.05, 4.69) is 4.98 Å². The highest BCUT2D eigenvalue weighted by atomic mass is 19.1. The van der Waals surface area contributed by atoms with E-state index in [1.54, 1.807) is 13.2 Å².